The molecule has 0 unspecified atom stereocenters. The predicted octanol–water partition coefficient (Wildman–Crippen LogP) is 3.20. The lowest BCUT2D eigenvalue weighted by molar-refractivity contribution is -0.393. The Kier molecular flexibility index (Phi) is 3.89. The van der Waals surface area contributed by atoms with E-state index in [1.54, 1.807) is 6.07 Å². The second-order valence-corrected chi connectivity index (χ2v) is 4.73. The molecule has 0 N–H and O–H groups in total. The van der Waals surface area contributed by atoms with Crippen molar-refractivity contribution in [2.75, 3.05) is 0 Å². The summed E-state index contributed by atoms with van der Waals surface area (Å²) >= 11 is 0. The van der Waals surface area contributed by atoms with Gasteiger partial charge in [-0.2, -0.15) is 0 Å². The van der Waals surface area contributed by atoms with Gasteiger partial charge in [0.1, 0.15) is 11.4 Å². The Morgan fingerprint density at radius 3 is 2.46 bits per heavy atom. The number of rotatable bonds is 4. The van der Waals surface area contributed by atoms with Gasteiger partial charge in [-0.05, 0) is 18.2 Å². The van der Waals surface area contributed by atoms with Crippen LogP contribution >= 0.6 is 0 Å². The molecular formula is C15H9N5O4. The van der Waals surface area contributed by atoms with Crippen molar-refractivity contribution in [2.45, 2.75) is 0 Å². The van der Waals surface area contributed by atoms with Gasteiger partial charge in [-0.25, -0.2) is 9.98 Å². The van der Waals surface area contributed by atoms with Crippen molar-refractivity contribution in [1.29, 1.82) is 0 Å². The minimum Gasteiger partial charge on any atom is -0.258 e. The van der Waals surface area contributed by atoms with Crippen LogP contribution < -0.4 is 0 Å². The van der Waals surface area contributed by atoms with Crippen LogP contribution in [-0.4, -0.2) is 26.0 Å². The molecule has 0 aliphatic heterocycles. The zero-order chi connectivity index (χ0) is 17.1. The van der Waals surface area contributed by atoms with Gasteiger partial charge in [0.15, 0.2) is 0 Å². The van der Waals surface area contributed by atoms with Crippen LogP contribution in [0.5, 0.6) is 0 Å². The maximum absolute atomic E-state index is 11.1. The van der Waals surface area contributed by atoms with E-state index < -0.39 is 15.5 Å². The summed E-state index contributed by atoms with van der Waals surface area (Å²) in [4.78, 5) is 32.9. The molecule has 0 fully saturated rings. The Labute approximate surface area is 134 Å². The van der Waals surface area contributed by atoms with E-state index in [4.69, 9.17) is 0 Å². The van der Waals surface area contributed by atoms with Crippen LogP contribution in [0.15, 0.2) is 53.7 Å². The fraction of sp³-hybridized carbons (Fsp3) is 0. The number of benzene rings is 2. The molecule has 0 saturated heterocycles. The van der Waals surface area contributed by atoms with Gasteiger partial charge in [0.05, 0.1) is 39.4 Å². The average molecular weight is 323 g/mol. The summed E-state index contributed by atoms with van der Waals surface area (Å²) in [5.41, 5.74) is 0.984. The molecule has 1 aromatic heterocycles. The summed E-state index contributed by atoms with van der Waals surface area (Å²) < 4.78 is 0. The van der Waals surface area contributed by atoms with Crippen molar-refractivity contribution < 1.29 is 9.85 Å². The lowest BCUT2D eigenvalue weighted by Crippen LogP contribution is -1.94. The molecule has 24 heavy (non-hydrogen) atoms. The summed E-state index contributed by atoms with van der Waals surface area (Å²) in [6.45, 7) is 0. The van der Waals surface area contributed by atoms with Gasteiger partial charge in [0.2, 0.25) is 0 Å². The number of nitro groups is 2. The van der Waals surface area contributed by atoms with E-state index in [-0.39, 0.29) is 11.4 Å². The minimum absolute atomic E-state index is 0.000517. The zero-order valence-electron chi connectivity index (χ0n) is 12.1. The topological polar surface area (TPSA) is 124 Å². The number of para-hydroxylation sites is 2. The predicted molar refractivity (Wildman–Crippen MR) is 86.5 cm³/mol. The van der Waals surface area contributed by atoms with Crippen LogP contribution in [0.2, 0.25) is 0 Å². The number of nitro benzene ring substituents is 2. The molecule has 0 spiro atoms. The van der Waals surface area contributed by atoms with Crippen LogP contribution in [-0.2, 0) is 0 Å². The molecule has 0 amide bonds. The number of nitrogens with zero attached hydrogens (tertiary/aromatic N) is 5. The van der Waals surface area contributed by atoms with Crippen LogP contribution in [0.3, 0.4) is 0 Å². The highest BCUT2D eigenvalue weighted by Crippen LogP contribution is 2.31. The van der Waals surface area contributed by atoms with E-state index in [1.807, 2.05) is 18.2 Å². The van der Waals surface area contributed by atoms with Crippen LogP contribution in [0.1, 0.15) is 5.69 Å². The Bertz CT molecular complexity index is 987. The van der Waals surface area contributed by atoms with Crippen molar-refractivity contribution in [3.63, 3.8) is 0 Å². The summed E-state index contributed by atoms with van der Waals surface area (Å²) in [6.07, 6.45) is 2.82. The highest BCUT2D eigenvalue weighted by Gasteiger charge is 2.18. The molecular weight excluding hydrogens is 314 g/mol. The molecule has 0 atom stereocenters. The maximum atomic E-state index is 11.1. The normalized spacial score (nSPS) is 11.0. The van der Waals surface area contributed by atoms with Crippen molar-refractivity contribution in [2.24, 2.45) is 4.99 Å². The molecule has 0 aliphatic rings. The second-order valence-electron chi connectivity index (χ2n) is 4.73. The fourth-order valence-electron chi connectivity index (χ4n) is 2.05. The quantitative estimate of drug-likeness (QED) is 0.412. The van der Waals surface area contributed by atoms with E-state index in [0.717, 1.165) is 17.6 Å². The number of aromatic nitrogens is 2. The third kappa shape index (κ3) is 3.04. The molecule has 9 heteroatoms. The zero-order valence-corrected chi connectivity index (χ0v) is 12.1. The van der Waals surface area contributed by atoms with Crippen LogP contribution in [0.4, 0.5) is 17.1 Å². The largest absolute Gasteiger partial charge is 0.301 e. The van der Waals surface area contributed by atoms with Crippen LogP contribution in [0.25, 0.3) is 11.0 Å². The Morgan fingerprint density at radius 1 is 1.00 bits per heavy atom. The summed E-state index contributed by atoms with van der Waals surface area (Å²) in [6, 6.07) is 10.5. The van der Waals surface area contributed by atoms with Gasteiger partial charge in [-0.3, -0.25) is 25.2 Å². The van der Waals surface area contributed by atoms with Crippen molar-refractivity contribution >= 4 is 34.3 Å². The Balaban J connectivity index is 1.98. The minimum atomic E-state index is -0.717. The van der Waals surface area contributed by atoms with E-state index in [9.17, 15) is 20.2 Å². The van der Waals surface area contributed by atoms with Gasteiger partial charge in [0.25, 0.3) is 5.69 Å². The van der Waals surface area contributed by atoms with Gasteiger partial charge in [-0.1, -0.05) is 12.1 Å². The molecule has 118 valence electrons. The Morgan fingerprint density at radius 2 is 1.75 bits per heavy atom. The number of hydrogen-bond donors (Lipinski definition) is 0. The summed E-state index contributed by atoms with van der Waals surface area (Å²) in [5.74, 6) is 0. The SMILES string of the molecule is O=[N+]([O-])c1ccc(/N=C/c2cnc3ccccc3n2)c([N+](=O)[O-])c1. The molecule has 0 radical (unpaired) electrons. The highest BCUT2D eigenvalue weighted by molar-refractivity contribution is 5.84. The van der Waals surface area contributed by atoms with E-state index in [1.165, 1.54) is 18.5 Å². The summed E-state index contributed by atoms with van der Waals surface area (Å²) in [7, 11) is 0. The summed E-state index contributed by atoms with van der Waals surface area (Å²) in [5, 5.41) is 21.8. The third-order valence-corrected chi connectivity index (χ3v) is 3.17. The third-order valence-electron chi connectivity index (χ3n) is 3.17. The number of fused-ring (bicyclic) bond motifs is 1. The first-order chi connectivity index (χ1) is 11.5. The smallest absolute Gasteiger partial charge is 0.258 e. The lowest BCUT2D eigenvalue weighted by Gasteiger charge is -1.99. The van der Waals surface area contributed by atoms with Gasteiger partial charge < -0.3 is 0 Å². The monoisotopic (exact) mass is 323 g/mol. The van der Waals surface area contributed by atoms with Gasteiger partial charge in [0, 0.05) is 6.07 Å². The van der Waals surface area contributed by atoms with E-state index in [0.29, 0.717) is 11.2 Å². The number of aliphatic imine (C=N–C) groups is 1. The molecule has 0 bridgehead atoms. The van der Waals surface area contributed by atoms with Gasteiger partial charge >= 0.3 is 5.69 Å². The van der Waals surface area contributed by atoms with Crippen molar-refractivity contribution in [3.05, 3.63) is 74.6 Å². The average Bonchev–Trinajstić information content (AvgIpc) is 2.59. The maximum Gasteiger partial charge on any atom is 0.301 e. The Hall–Kier alpha value is -3.75. The van der Waals surface area contributed by atoms with Crippen molar-refractivity contribution in [3.8, 4) is 0 Å². The standard InChI is InChI=1S/C15H9N5O4/c21-19(22)11-5-6-14(15(7-11)20(23)24)17-9-10-8-16-12-3-1-2-4-13(12)18-10/h1-9H/b17-9+. The first-order valence-corrected chi connectivity index (χ1v) is 6.73. The van der Waals surface area contributed by atoms with Gasteiger partial charge in [-0.15, -0.1) is 0 Å². The fourth-order valence-corrected chi connectivity index (χ4v) is 2.05. The molecule has 0 saturated carbocycles. The number of hydrogen-bond acceptors (Lipinski definition) is 7. The van der Waals surface area contributed by atoms with Crippen LogP contribution in [0, 0.1) is 20.2 Å². The molecule has 9 nitrogen and oxygen atoms in total. The second kappa shape index (κ2) is 6.16. The van der Waals surface area contributed by atoms with E-state index in [2.05, 4.69) is 15.0 Å². The first-order valence-electron chi connectivity index (χ1n) is 6.73. The van der Waals surface area contributed by atoms with Crippen molar-refractivity contribution in [1.82, 2.24) is 9.97 Å². The molecule has 0 aliphatic carbocycles. The molecule has 2 aromatic carbocycles. The first kappa shape index (κ1) is 15.2. The molecule has 3 rings (SSSR count). The lowest BCUT2D eigenvalue weighted by atomic mass is 10.2. The highest BCUT2D eigenvalue weighted by atomic mass is 16.6. The molecule has 3 aromatic rings. The van der Waals surface area contributed by atoms with E-state index >= 15 is 0 Å². The number of non-ortho nitro benzene ring substituents is 1. The molecule has 1 heterocycles.